The molecule has 0 fully saturated rings. The van der Waals surface area contributed by atoms with Crippen LogP contribution >= 0.6 is 0 Å². The molecule has 204 valence electrons. The minimum atomic E-state index is -2.72. The van der Waals surface area contributed by atoms with Crippen LogP contribution in [0.15, 0.2) is 28.7 Å². The average molecular weight is 529 g/mol. The van der Waals surface area contributed by atoms with Crippen LogP contribution in [0.1, 0.15) is 39.6 Å². The summed E-state index contributed by atoms with van der Waals surface area (Å²) in [5, 5.41) is 47.5. The first kappa shape index (κ1) is 27.1. The van der Waals surface area contributed by atoms with E-state index in [1.807, 2.05) is 0 Å². The third-order valence-corrected chi connectivity index (χ3v) is 7.76. The maximum absolute atomic E-state index is 13.9. The van der Waals surface area contributed by atoms with Gasteiger partial charge in [-0.2, -0.15) is 0 Å². The van der Waals surface area contributed by atoms with Crippen LogP contribution in [-0.2, 0) is 16.0 Å². The van der Waals surface area contributed by atoms with Gasteiger partial charge in [-0.3, -0.25) is 24.1 Å². The molecule has 3 aliphatic rings. The van der Waals surface area contributed by atoms with Gasteiger partial charge in [-0.25, -0.2) is 0 Å². The number of phenols is 1. The van der Waals surface area contributed by atoms with Crippen LogP contribution < -0.4 is 16.0 Å². The molecule has 12 heteroatoms. The van der Waals surface area contributed by atoms with Crippen molar-refractivity contribution in [3.8, 4) is 5.75 Å². The molecule has 0 saturated heterocycles. The smallest absolute Gasteiger partial charge is 0.255 e. The highest BCUT2D eigenvalue weighted by atomic mass is 16.3. The number of likely N-dealkylation sites (N-methyl/N-ethyl adjacent to an activating group) is 1. The molecule has 0 saturated carbocycles. The number of nitrogens with one attached hydrogen (secondary N) is 1. The van der Waals surface area contributed by atoms with Crippen LogP contribution in [0.25, 0.3) is 0 Å². The predicted molar refractivity (Wildman–Crippen MR) is 136 cm³/mol. The van der Waals surface area contributed by atoms with E-state index in [0.717, 1.165) is 0 Å². The molecule has 0 heterocycles. The largest absolute Gasteiger partial charge is 0.510 e. The van der Waals surface area contributed by atoms with E-state index in [0.29, 0.717) is 11.3 Å². The number of aliphatic hydroxyl groups is 3. The molecule has 38 heavy (non-hydrogen) atoms. The van der Waals surface area contributed by atoms with Gasteiger partial charge in [0.15, 0.2) is 11.4 Å². The number of hydrogen-bond donors (Lipinski definition) is 6. The van der Waals surface area contributed by atoms with Gasteiger partial charge in [-0.15, -0.1) is 0 Å². The van der Waals surface area contributed by atoms with Gasteiger partial charge in [0.25, 0.3) is 11.8 Å². The lowest BCUT2D eigenvalue weighted by atomic mass is 9.58. The summed E-state index contributed by atoms with van der Waals surface area (Å²) < 4.78 is 0. The fraction of sp³-hybridized carbons (Fsp3) is 0.462. The van der Waals surface area contributed by atoms with Crippen molar-refractivity contribution < 1.29 is 39.6 Å². The molecule has 0 spiro atoms. The number of allylic oxidation sites excluding steroid dienone is 1. The number of rotatable bonds is 5. The molecule has 0 unspecified atom stereocenters. The van der Waals surface area contributed by atoms with E-state index in [2.05, 4.69) is 5.32 Å². The van der Waals surface area contributed by atoms with Crippen LogP contribution in [0.2, 0.25) is 0 Å². The summed E-state index contributed by atoms with van der Waals surface area (Å²) in [7, 11) is 6.57. The summed E-state index contributed by atoms with van der Waals surface area (Å²) in [4.78, 5) is 55.2. The number of primary amides is 1. The van der Waals surface area contributed by atoms with E-state index in [9.17, 15) is 39.6 Å². The third-order valence-electron chi connectivity index (χ3n) is 7.76. The van der Waals surface area contributed by atoms with Crippen molar-refractivity contribution in [2.24, 2.45) is 17.6 Å². The van der Waals surface area contributed by atoms with E-state index in [1.54, 1.807) is 40.0 Å². The lowest BCUT2D eigenvalue weighted by Gasteiger charge is -2.50. The number of benzene rings is 1. The molecule has 2 amide bonds. The Morgan fingerprint density at radius 1 is 1.16 bits per heavy atom. The maximum atomic E-state index is 13.9. The molecule has 1 aromatic rings. The molecule has 4 atom stereocenters. The molecule has 4 rings (SSSR count). The normalized spacial score (nSPS) is 26.7. The number of aliphatic hydroxyl groups excluding tert-OH is 2. The minimum Gasteiger partial charge on any atom is -0.510 e. The first-order chi connectivity index (χ1) is 17.7. The number of fused-ring (bicyclic) bond motifs is 3. The van der Waals surface area contributed by atoms with Gasteiger partial charge < -0.3 is 36.4 Å². The molecular weight excluding hydrogens is 496 g/mol. The number of Topliss-reactive ketones (excluding diaryl/α,β-unsaturated/α-hetero) is 2. The second-order valence-corrected chi connectivity index (χ2v) is 10.4. The Labute approximate surface area is 219 Å². The molecule has 12 nitrogen and oxygen atoms in total. The molecule has 0 aliphatic heterocycles. The molecular formula is C26H32N4O8. The fourth-order valence-corrected chi connectivity index (χ4v) is 6.13. The summed E-state index contributed by atoms with van der Waals surface area (Å²) >= 11 is 0. The quantitative estimate of drug-likeness (QED) is 0.282. The summed E-state index contributed by atoms with van der Waals surface area (Å²) in [6.07, 6.45) is 0.114. The highest BCUT2D eigenvalue weighted by molar-refractivity contribution is 6.25. The number of aromatic hydroxyl groups is 1. The average Bonchev–Trinajstić information content (AvgIpc) is 2.81. The Hall–Kier alpha value is -3.90. The molecule has 0 aromatic heterocycles. The molecule has 7 N–H and O–H groups in total. The summed E-state index contributed by atoms with van der Waals surface area (Å²) in [6.45, 7) is 1.98. The molecule has 1 aromatic carbocycles. The zero-order valence-corrected chi connectivity index (χ0v) is 21.8. The van der Waals surface area contributed by atoms with Crippen LogP contribution in [0.5, 0.6) is 5.75 Å². The number of ketones is 2. The molecule has 3 aliphatic carbocycles. The fourth-order valence-electron chi connectivity index (χ4n) is 6.13. The summed E-state index contributed by atoms with van der Waals surface area (Å²) in [5.74, 6) is -8.01. The Bertz CT molecular complexity index is 1340. The number of carbonyl (C=O) groups is 4. The first-order valence-electron chi connectivity index (χ1n) is 12.2. The standard InChI is InChI=1S/C26H32N4O8/c1-6-28-25(37)12-9-14(29(2)3)11-7-10-8-13-18(30(4)5)21(33)17(24(27)36)23(35)26(13,38)22(34)15(10)20(32)16(11)19(12)31/h9-10,13,18,31,33-34,38H,6-8H2,1-5H3,(H2,27,36)(H,28,37)/t10-,13-,18-,26-/m0/s1. The van der Waals surface area contributed by atoms with Crippen molar-refractivity contribution in [1.82, 2.24) is 10.2 Å². The number of anilines is 1. The van der Waals surface area contributed by atoms with Gasteiger partial charge in [0.05, 0.1) is 17.2 Å². The highest BCUT2D eigenvalue weighted by Gasteiger charge is 2.63. The number of nitrogens with zero attached hydrogens (tertiary/aromatic N) is 2. The van der Waals surface area contributed by atoms with Crippen LogP contribution in [0.3, 0.4) is 0 Å². The van der Waals surface area contributed by atoms with E-state index in [4.69, 9.17) is 5.73 Å². The number of amides is 2. The van der Waals surface area contributed by atoms with Gasteiger partial charge in [0.1, 0.15) is 22.8 Å². The SMILES string of the molecule is CCNC(=O)c1cc(N(C)C)c2c(c1O)C(=O)C1=C(O)[C@]3(O)C(=O)C(C(N)=O)=C(O)[C@@H](N(C)C)[C@@H]3C[C@@H]1C2. The van der Waals surface area contributed by atoms with Crippen molar-refractivity contribution >= 4 is 29.1 Å². The Kier molecular flexibility index (Phi) is 6.53. The Morgan fingerprint density at radius 2 is 1.79 bits per heavy atom. The summed E-state index contributed by atoms with van der Waals surface area (Å²) in [5.41, 5.74) is 2.08. The van der Waals surface area contributed by atoms with Gasteiger partial charge in [-0.1, -0.05) is 0 Å². The summed E-state index contributed by atoms with van der Waals surface area (Å²) in [6, 6.07) is 0.419. The van der Waals surface area contributed by atoms with Crippen molar-refractivity contribution in [2.75, 3.05) is 39.6 Å². The Morgan fingerprint density at radius 3 is 2.32 bits per heavy atom. The zero-order valence-electron chi connectivity index (χ0n) is 21.8. The van der Waals surface area contributed by atoms with Gasteiger partial charge in [-0.05, 0) is 51.4 Å². The van der Waals surface area contributed by atoms with E-state index >= 15 is 0 Å². The number of nitrogens with two attached hydrogens (primary N) is 1. The molecule has 0 bridgehead atoms. The Balaban J connectivity index is 1.99. The van der Waals surface area contributed by atoms with Crippen LogP contribution in [0, 0.1) is 11.8 Å². The topological polar surface area (TPSA) is 194 Å². The minimum absolute atomic E-state index is 0.0164. The van der Waals surface area contributed by atoms with Crippen molar-refractivity contribution in [2.45, 2.75) is 31.4 Å². The lowest BCUT2D eigenvalue weighted by Crippen LogP contribution is -2.63. The zero-order chi connectivity index (χ0) is 28.4. The van der Waals surface area contributed by atoms with Gasteiger partial charge >= 0.3 is 0 Å². The maximum Gasteiger partial charge on any atom is 0.255 e. The third kappa shape index (κ3) is 3.58. The van der Waals surface area contributed by atoms with Crippen molar-refractivity contribution in [3.05, 3.63) is 45.4 Å². The highest BCUT2D eigenvalue weighted by Crippen LogP contribution is 2.53. The van der Waals surface area contributed by atoms with Crippen molar-refractivity contribution in [3.63, 3.8) is 0 Å². The van der Waals surface area contributed by atoms with Crippen molar-refractivity contribution in [1.29, 1.82) is 0 Å². The van der Waals surface area contributed by atoms with Crippen LogP contribution in [0.4, 0.5) is 5.69 Å². The molecule has 0 radical (unpaired) electrons. The second-order valence-electron chi connectivity index (χ2n) is 10.4. The van der Waals surface area contributed by atoms with E-state index < -0.39 is 69.7 Å². The van der Waals surface area contributed by atoms with Gasteiger partial charge in [0, 0.05) is 37.8 Å². The monoisotopic (exact) mass is 528 g/mol. The number of hydrogen-bond acceptors (Lipinski definition) is 10. The second kappa shape index (κ2) is 9.14. The first-order valence-corrected chi connectivity index (χ1v) is 12.2. The number of carbonyl (C=O) groups excluding carboxylic acids is 4. The van der Waals surface area contributed by atoms with E-state index in [1.165, 1.54) is 11.0 Å². The number of phenolic OH excluding ortho intramolecular Hbond substituents is 1. The van der Waals surface area contributed by atoms with Gasteiger partial charge in [0.2, 0.25) is 5.78 Å². The van der Waals surface area contributed by atoms with Crippen LogP contribution in [-0.4, -0.2) is 95.1 Å². The lowest BCUT2D eigenvalue weighted by molar-refractivity contribution is -0.148. The van der Waals surface area contributed by atoms with E-state index in [-0.39, 0.29) is 36.1 Å². The predicted octanol–water partition coefficient (Wildman–Crippen LogP) is -0.0637.